The maximum atomic E-state index is 5.92. The molecule has 0 fully saturated rings. The minimum atomic E-state index is 0.773. The van der Waals surface area contributed by atoms with Crippen LogP contribution in [-0.2, 0) is 13.1 Å². The number of nitrogens with one attached hydrogen (secondary N) is 1. The molecule has 0 unspecified atom stereocenters. The van der Waals surface area contributed by atoms with Gasteiger partial charge in [0, 0.05) is 29.6 Å². The minimum absolute atomic E-state index is 0.773. The predicted molar refractivity (Wildman–Crippen MR) is 95.1 cm³/mol. The third kappa shape index (κ3) is 4.73. The van der Waals surface area contributed by atoms with Crippen molar-refractivity contribution in [3.63, 3.8) is 0 Å². The Bertz CT molecular complexity index is 584. The molecule has 21 heavy (non-hydrogen) atoms. The highest BCUT2D eigenvalue weighted by Crippen LogP contribution is 2.28. The van der Waals surface area contributed by atoms with Gasteiger partial charge in [-0.05, 0) is 57.9 Å². The predicted octanol–water partition coefficient (Wildman–Crippen LogP) is 4.85. The van der Waals surface area contributed by atoms with Gasteiger partial charge in [0.25, 0.3) is 0 Å². The zero-order chi connectivity index (χ0) is 15.2. The zero-order valence-electron chi connectivity index (χ0n) is 12.4. The average Bonchev–Trinajstić information content (AvgIpc) is 2.47. The van der Waals surface area contributed by atoms with Crippen LogP contribution in [0.5, 0.6) is 0 Å². The first kappa shape index (κ1) is 16.3. The van der Waals surface area contributed by atoms with Gasteiger partial charge < -0.3 is 10.2 Å². The summed E-state index contributed by atoms with van der Waals surface area (Å²) in [5, 5.41) is 4.11. The summed E-state index contributed by atoms with van der Waals surface area (Å²) >= 11 is 9.60. The maximum absolute atomic E-state index is 5.92. The number of rotatable bonds is 6. The highest BCUT2D eigenvalue weighted by atomic mass is 79.9. The lowest BCUT2D eigenvalue weighted by Crippen LogP contribution is -2.17. The smallest absolute Gasteiger partial charge is 0.0511 e. The molecule has 112 valence electrons. The van der Waals surface area contributed by atoms with Crippen LogP contribution < -0.4 is 10.2 Å². The van der Waals surface area contributed by atoms with Crippen LogP contribution in [0.1, 0.15) is 18.1 Å². The van der Waals surface area contributed by atoms with Gasteiger partial charge in [0.2, 0.25) is 0 Å². The van der Waals surface area contributed by atoms with E-state index in [1.54, 1.807) is 0 Å². The van der Waals surface area contributed by atoms with E-state index in [1.165, 1.54) is 16.8 Å². The molecule has 2 aromatic rings. The molecule has 0 aromatic heterocycles. The van der Waals surface area contributed by atoms with Crippen molar-refractivity contribution in [3.8, 4) is 0 Å². The summed E-state index contributed by atoms with van der Waals surface area (Å²) in [6.45, 7) is 4.84. The highest BCUT2D eigenvalue weighted by molar-refractivity contribution is 9.10. The van der Waals surface area contributed by atoms with Gasteiger partial charge in [0.05, 0.1) is 5.69 Å². The quantitative estimate of drug-likeness (QED) is 0.785. The van der Waals surface area contributed by atoms with Gasteiger partial charge in [0.15, 0.2) is 0 Å². The van der Waals surface area contributed by atoms with Crippen LogP contribution in [-0.4, -0.2) is 13.6 Å². The molecule has 0 radical (unpaired) electrons. The molecule has 0 heterocycles. The number of anilines is 1. The normalized spacial score (nSPS) is 10.7. The van der Waals surface area contributed by atoms with Gasteiger partial charge >= 0.3 is 0 Å². The first-order chi connectivity index (χ1) is 10.1. The molecular formula is C17H20BrClN2. The fourth-order valence-corrected chi connectivity index (χ4v) is 3.04. The van der Waals surface area contributed by atoms with E-state index in [0.29, 0.717) is 0 Å². The topological polar surface area (TPSA) is 15.3 Å². The van der Waals surface area contributed by atoms with Crippen molar-refractivity contribution >= 4 is 33.2 Å². The summed E-state index contributed by atoms with van der Waals surface area (Å²) in [5.74, 6) is 0. The Balaban J connectivity index is 2.08. The van der Waals surface area contributed by atoms with Gasteiger partial charge in [-0.2, -0.15) is 0 Å². The van der Waals surface area contributed by atoms with Crippen molar-refractivity contribution in [2.45, 2.75) is 20.0 Å². The third-order valence-corrected chi connectivity index (χ3v) is 4.22. The molecule has 0 aliphatic rings. The van der Waals surface area contributed by atoms with Crippen molar-refractivity contribution in [2.75, 3.05) is 18.5 Å². The van der Waals surface area contributed by atoms with Crippen molar-refractivity contribution in [3.05, 3.63) is 63.1 Å². The lowest BCUT2D eigenvalue weighted by molar-refractivity contribution is 0.726. The lowest BCUT2D eigenvalue weighted by Gasteiger charge is -2.21. The standard InChI is InChI=1S/C17H20BrClN2/c1-3-20-11-14-6-9-17(16(18)10-14)21(2)12-13-4-7-15(19)8-5-13/h4-10,20H,3,11-12H2,1-2H3. The highest BCUT2D eigenvalue weighted by Gasteiger charge is 2.07. The lowest BCUT2D eigenvalue weighted by atomic mass is 10.1. The van der Waals surface area contributed by atoms with E-state index in [9.17, 15) is 0 Å². The van der Waals surface area contributed by atoms with Crippen LogP contribution in [0.2, 0.25) is 5.02 Å². The Hall–Kier alpha value is -1.03. The van der Waals surface area contributed by atoms with Gasteiger partial charge in [-0.3, -0.25) is 0 Å². The van der Waals surface area contributed by atoms with Crippen molar-refractivity contribution in [1.29, 1.82) is 0 Å². The van der Waals surface area contributed by atoms with E-state index in [1.807, 2.05) is 12.1 Å². The minimum Gasteiger partial charge on any atom is -0.369 e. The van der Waals surface area contributed by atoms with E-state index in [4.69, 9.17) is 11.6 Å². The molecule has 0 atom stereocenters. The molecule has 0 amide bonds. The third-order valence-electron chi connectivity index (χ3n) is 3.34. The van der Waals surface area contributed by atoms with Gasteiger partial charge in [0.1, 0.15) is 0 Å². The number of hydrogen-bond donors (Lipinski definition) is 1. The van der Waals surface area contributed by atoms with E-state index in [-0.39, 0.29) is 0 Å². The molecule has 2 rings (SSSR count). The summed E-state index contributed by atoms with van der Waals surface area (Å²) in [7, 11) is 2.10. The Kier molecular flexibility index (Phi) is 6.09. The molecule has 0 spiro atoms. The molecular weight excluding hydrogens is 348 g/mol. The number of nitrogens with zero attached hydrogens (tertiary/aromatic N) is 1. The van der Waals surface area contributed by atoms with Gasteiger partial charge in [-0.1, -0.05) is 36.7 Å². The van der Waals surface area contributed by atoms with Gasteiger partial charge in [-0.25, -0.2) is 0 Å². The van der Waals surface area contributed by atoms with E-state index in [2.05, 4.69) is 70.4 Å². The fraction of sp³-hybridized carbons (Fsp3) is 0.294. The molecule has 2 nitrogen and oxygen atoms in total. The van der Waals surface area contributed by atoms with E-state index in [0.717, 1.165) is 29.1 Å². The summed E-state index contributed by atoms with van der Waals surface area (Å²) in [4.78, 5) is 2.23. The van der Waals surface area contributed by atoms with Crippen LogP contribution in [0.3, 0.4) is 0 Å². The molecule has 0 saturated carbocycles. The summed E-state index contributed by atoms with van der Waals surface area (Å²) in [6, 6.07) is 14.5. The summed E-state index contributed by atoms with van der Waals surface area (Å²) in [6.07, 6.45) is 0. The molecule has 1 N–H and O–H groups in total. The number of hydrogen-bond acceptors (Lipinski definition) is 2. The molecule has 0 aliphatic carbocycles. The van der Waals surface area contributed by atoms with Crippen LogP contribution >= 0.6 is 27.5 Å². The molecule has 0 bridgehead atoms. The van der Waals surface area contributed by atoms with Crippen LogP contribution in [0, 0.1) is 0 Å². The molecule has 0 saturated heterocycles. The second-order valence-corrected chi connectivity index (χ2v) is 6.34. The molecule has 4 heteroatoms. The van der Waals surface area contributed by atoms with E-state index >= 15 is 0 Å². The monoisotopic (exact) mass is 366 g/mol. The van der Waals surface area contributed by atoms with Crippen molar-refractivity contribution in [1.82, 2.24) is 5.32 Å². The van der Waals surface area contributed by atoms with Crippen molar-refractivity contribution < 1.29 is 0 Å². The van der Waals surface area contributed by atoms with E-state index < -0.39 is 0 Å². The number of benzene rings is 2. The maximum Gasteiger partial charge on any atom is 0.0511 e. The fourth-order valence-electron chi connectivity index (χ4n) is 2.19. The first-order valence-electron chi connectivity index (χ1n) is 7.05. The Morgan fingerprint density at radius 1 is 1.10 bits per heavy atom. The second kappa shape index (κ2) is 7.83. The van der Waals surface area contributed by atoms with Crippen LogP contribution in [0.25, 0.3) is 0 Å². The molecule has 2 aromatic carbocycles. The first-order valence-corrected chi connectivity index (χ1v) is 8.22. The van der Waals surface area contributed by atoms with Gasteiger partial charge in [-0.15, -0.1) is 0 Å². The molecule has 0 aliphatic heterocycles. The Morgan fingerprint density at radius 3 is 2.38 bits per heavy atom. The summed E-state index contributed by atoms with van der Waals surface area (Å²) in [5.41, 5.74) is 3.71. The summed E-state index contributed by atoms with van der Waals surface area (Å²) < 4.78 is 1.12. The number of halogens is 2. The zero-order valence-corrected chi connectivity index (χ0v) is 14.7. The largest absolute Gasteiger partial charge is 0.369 e. The Labute approximate surface area is 140 Å². The Morgan fingerprint density at radius 2 is 1.76 bits per heavy atom. The van der Waals surface area contributed by atoms with Crippen molar-refractivity contribution in [2.24, 2.45) is 0 Å². The second-order valence-electron chi connectivity index (χ2n) is 5.05. The SMILES string of the molecule is CCNCc1ccc(N(C)Cc2ccc(Cl)cc2)c(Br)c1. The van der Waals surface area contributed by atoms with Crippen LogP contribution in [0.4, 0.5) is 5.69 Å². The average molecular weight is 368 g/mol. The van der Waals surface area contributed by atoms with Crippen LogP contribution in [0.15, 0.2) is 46.9 Å².